The summed E-state index contributed by atoms with van der Waals surface area (Å²) in [5.41, 5.74) is 10.5. The molecule has 0 aliphatic rings. The van der Waals surface area contributed by atoms with Crippen LogP contribution in [0.2, 0.25) is 0 Å². The predicted octanol–water partition coefficient (Wildman–Crippen LogP) is 14.9. The molecule has 62 heavy (non-hydrogen) atoms. The highest BCUT2D eigenvalue weighted by molar-refractivity contribution is 6.09. The van der Waals surface area contributed by atoms with Crippen LogP contribution in [0.15, 0.2) is 122 Å². The lowest BCUT2D eigenvalue weighted by Crippen LogP contribution is -2.04. The molecule has 0 bridgehead atoms. The summed E-state index contributed by atoms with van der Waals surface area (Å²) in [5.74, 6) is 16.7. The molecule has 0 aliphatic carbocycles. The van der Waals surface area contributed by atoms with E-state index in [1.807, 2.05) is 36.7 Å². The first kappa shape index (κ1) is 42.6. The van der Waals surface area contributed by atoms with Crippen molar-refractivity contribution < 1.29 is 0 Å². The van der Waals surface area contributed by atoms with Gasteiger partial charge in [-0.3, -0.25) is 9.97 Å². The van der Waals surface area contributed by atoms with Crippen LogP contribution < -0.4 is 0 Å². The van der Waals surface area contributed by atoms with Gasteiger partial charge in [-0.15, -0.1) is 0 Å². The van der Waals surface area contributed by atoms with Gasteiger partial charge in [0.15, 0.2) is 0 Å². The zero-order chi connectivity index (χ0) is 43.0. The zero-order valence-electron chi connectivity index (χ0n) is 37.7. The minimum absolute atomic E-state index is 0.709. The number of aromatic nitrogens is 4. The van der Waals surface area contributed by atoms with Crippen LogP contribution in [0, 0.1) is 47.4 Å². The van der Waals surface area contributed by atoms with E-state index in [0.29, 0.717) is 11.8 Å². The van der Waals surface area contributed by atoms with Crippen molar-refractivity contribution in [2.45, 2.75) is 106 Å². The number of benzene rings is 4. The van der Waals surface area contributed by atoms with Crippen molar-refractivity contribution in [1.29, 1.82) is 0 Å². The van der Waals surface area contributed by atoms with Crippen LogP contribution in [0.5, 0.6) is 0 Å². The Morgan fingerprint density at radius 2 is 0.790 bits per heavy atom. The summed E-state index contributed by atoms with van der Waals surface area (Å²) in [5, 5.41) is 5.10. The first-order valence-electron chi connectivity index (χ1n) is 23.2. The first-order chi connectivity index (χ1) is 30.2. The van der Waals surface area contributed by atoms with Crippen LogP contribution >= 0.6 is 0 Å². The molecule has 0 amide bonds. The van der Waals surface area contributed by atoms with E-state index in [4.69, 9.17) is 0 Å². The van der Waals surface area contributed by atoms with Crippen molar-refractivity contribution in [3.05, 3.63) is 144 Å². The van der Waals surface area contributed by atoms with Crippen molar-refractivity contribution in [1.82, 2.24) is 19.1 Å². The standard InChI is InChI=1S/C58H62N4/c1-41(2)13-11-15-43(5)31-35-61-55-19-9-7-17-49(55)51-37-45(25-27-57(51)61)21-23-47-29-33-59-53(39-47)54-40-48(30-34-60-54)24-22-46-26-28-58-52(38-46)50-18-8-10-20-56(50)62(58)36-32-44(6)16-12-14-42(3)4/h7-10,17-20,25-30,33-34,37-44H,11-16,31-32,35-36H2,1-6H3/t43-,44-/m0/s1. The van der Waals surface area contributed by atoms with E-state index in [1.54, 1.807) is 0 Å². The van der Waals surface area contributed by atoms with E-state index in [2.05, 4.69) is 169 Å². The number of nitrogens with zero attached hydrogens (tertiary/aromatic N) is 4. The molecular weight excluding hydrogens is 753 g/mol. The number of aryl methyl sites for hydroxylation is 2. The molecular formula is C58H62N4. The van der Waals surface area contributed by atoms with Gasteiger partial charge < -0.3 is 9.13 Å². The second-order valence-corrected chi connectivity index (χ2v) is 18.6. The van der Waals surface area contributed by atoms with Gasteiger partial charge in [-0.25, -0.2) is 0 Å². The highest BCUT2D eigenvalue weighted by Gasteiger charge is 2.14. The number of pyridine rings is 2. The van der Waals surface area contributed by atoms with Crippen LogP contribution in [-0.2, 0) is 13.1 Å². The van der Waals surface area contributed by atoms with Gasteiger partial charge in [0.1, 0.15) is 0 Å². The average Bonchev–Trinajstić information content (AvgIpc) is 3.77. The quantitative estimate of drug-likeness (QED) is 0.0967. The van der Waals surface area contributed by atoms with Crippen LogP contribution in [0.3, 0.4) is 0 Å². The molecule has 4 aromatic heterocycles. The highest BCUT2D eigenvalue weighted by atomic mass is 15.0. The van der Waals surface area contributed by atoms with Gasteiger partial charge in [-0.05, 0) is 109 Å². The van der Waals surface area contributed by atoms with E-state index in [9.17, 15) is 0 Å². The summed E-state index contributed by atoms with van der Waals surface area (Å²) in [6, 6.07) is 38.9. The van der Waals surface area contributed by atoms with Gasteiger partial charge in [-0.1, -0.05) is 140 Å². The molecule has 4 nitrogen and oxygen atoms in total. The summed E-state index contributed by atoms with van der Waals surface area (Å²) in [6.45, 7) is 16.2. The number of para-hydroxylation sites is 2. The highest BCUT2D eigenvalue weighted by Crippen LogP contribution is 2.33. The molecule has 4 heterocycles. The lowest BCUT2D eigenvalue weighted by atomic mass is 9.97. The molecule has 4 heteroatoms. The molecule has 2 atom stereocenters. The minimum Gasteiger partial charge on any atom is -0.340 e. The maximum atomic E-state index is 4.68. The molecule has 0 unspecified atom stereocenters. The van der Waals surface area contributed by atoms with Gasteiger partial charge in [-0.2, -0.15) is 0 Å². The summed E-state index contributed by atoms with van der Waals surface area (Å²) in [6.07, 6.45) is 13.9. The lowest BCUT2D eigenvalue weighted by molar-refractivity contribution is 0.419. The van der Waals surface area contributed by atoms with Gasteiger partial charge in [0.05, 0.1) is 11.4 Å². The third-order valence-corrected chi connectivity index (χ3v) is 12.7. The molecule has 0 saturated carbocycles. The molecule has 0 radical (unpaired) electrons. The van der Waals surface area contributed by atoms with Gasteiger partial charge >= 0.3 is 0 Å². The summed E-state index contributed by atoms with van der Waals surface area (Å²) in [4.78, 5) is 9.37. The number of hydrogen-bond acceptors (Lipinski definition) is 2. The molecule has 0 aliphatic heterocycles. The van der Waals surface area contributed by atoms with E-state index < -0.39 is 0 Å². The number of rotatable bonds is 15. The largest absolute Gasteiger partial charge is 0.340 e. The monoisotopic (exact) mass is 814 g/mol. The van der Waals surface area contributed by atoms with E-state index in [-0.39, 0.29) is 0 Å². The predicted molar refractivity (Wildman–Crippen MR) is 263 cm³/mol. The second kappa shape index (κ2) is 19.7. The zero-order valence-corrected chi connectivity index (χ0v) is 37.7. The van der Waals surface area contributed by atoms with E-state index in [0.717, 1.165) is 58.6 Å². The first-order valence-corrected chi connectivity index (χ1v) is 23.2. The fourth-order valence-corrected chi connectivity index (χ4v) is 9.07. The Bertz CT molecular complexity index is 2730. The number of hydrogen-bond donors (Lipinski definition) is 0. The lowest BCUT2D eigenvalue weighted by Gasteiger charge is -2.14. The molecule has 0 N–H and O–H groups in total. The van der Waals surface area contributed by atoms with Crippen LogP contribution in [0.4, 0.5) is 0 Å². The molecule has 8 aromatic rings. The normalized spacial score (nSPS) is 12.6. The molecule has 0 saturated heterocycles. The van der Waals surface area contributed by atoms with E-state index in [1.165, 1.54) is 95.0 Å². The van der Waals surface area contributed by atoms with Crippen molar-refractivity contribution in [2.24, 2.45) is 23.7 Å². The van der Waals surface area contributed by atoms with Crippen molar-refractivity contribution >= 4 is 43.6 Å². The van der Waals surface area contributed by atoms with Crippen LogP contribution in [-0.4, -0.2) is 19.1 Å². The molecule has 0 fully saturated rings. The second-order valence-electron chi connectivity index (χ2n) is 18.6. The Morgan fingerprint density at radius 3 is 1.21 bits per heavy atom. The average molecular weight is 815 g/mol. The van der Waals surface area contributed by atoms with Crippen LogP contribution in [0.1, 0.15) is 115 Å². The Hall–Kier alpha value is -6.10. The smallest absolute Gasteiger partial charge is 0.0898 e. The third kappa shape index (κ3) is 10.2. The molecule has 8 rings (SSSR count). The summed E-state index contributed by atoms with van der Waals surface area (Å²) < 4.78 is 5.02. The van der Waals surface area contributed by atoms with Crippen molar-refractivity contribution in [2.75, 3.05) is 0 Å². The SMILES string of the molecule is CC(C)CCC[C@H](C)CCn1c2ccccc2c2cc(C#Cc3ccnc(-c4cc(C#Cc5ccc6c(c5)c5ccccc5n6CC[C@@H](C)CCCC(C)C)ccn4)c3)ccc21. The molecule has 4 aromatic carbocycles. The van der Waals surface area contributed by atoms with Crippen LogP contribution in [0.25, 0.3) is 55.0 Å². The number of fused-ring (bicyclic) bond motifs is 6. The Kier molecular flexibility index (Phi) is 13.6. The van der Waals surface area contributed by atoms with Crippen molar-refractivity contribution in [3.8, 4) is 35.1 Å². The maximum Gasteiger partial charge on any atom is 0.0898 e. The van der Waals surface area contributed by atoms with Crippen molar-refractivity contribution in [3.63, 3.8) is 0 Å². The fraction of sp³-hybridized carbons (Fsp3) is 0.345. The van der Waals surface area contributed by atoms with Gasteiger partial charge in [0, 0.05) is 91.3 Å². The summed E-state index contributed by atoms with van der Waals surface area (Å²) in [7, 11) is 0. The topological polar surface area (TPSA) is 35.6 Å². The Balaban J connectivity index is 0.978. The minimum atomic E-state index is 0.709. The van der Waals surface area contributed by atoms with Gasteiger partial charge in [0.25, 0.3) is 0 Å². The summed E-state index contributed by atoms with van der Waals surface area (Å²) >= 11 is 0. The fourth-order valence-electron chi connectivity index (χ4n) is 9.07. The molecule has 314 valence electrons. The third-order valence-electron chi connectivity index (χ3n) is 12.7. The Labute approximate surface area is 369 Å². The van der Waals surface area contributed by atoms with Gasteiger partial charge in [0.2, 0.25) is 0 Å². The molecule has 0 spiro atoms. The Morgan fingerprint density at radius 1 is 0.403 bits per heavy atom. The van der Waals surface area contributed by atoms with E-state index >= 15 is 0 Å². The maximum absolute atomic E-state index is 4.68.